The number of hydrogen-bond acceptors (Lipinski definition) is 6. The summed E-state index contributed by atoms with van der Waals surface area (Å²) in [5.41, 5.74) is 1.01. The summed E-state index contributed by atoms with van der Waals surface area (Å²) in [5.74, 6) is 2.26. The van der Waals surface area contributed by atoms with E-state index in [-0.39, 0.29) is 5.25 Å². The molecule has 3 rings (SSSR count). The Kier molecular flexibility index (Phi) is 4.87. The van der Waals surface area contributed by atoms with Gasteiger partial charge in [-0.15, -0.1) is 0 Å². The fraction of sp³-hybridized carbons (Fsp3) is 0.750. The van der Waals surface area contributed by atoms with Crippen LogP contribution in [0.4, 0.5) is 5.82 Å². The molecule has 1 atom stereocenters. The molecule has 1 aromatic rings. The molecule has 3 heterocycles. The summed E-state index contributed by atoms with van der Waals surface area (Å²) in [6.45, 7) is 8.36. The fourth-order valence-electron chi connectivity index (χ4n) is 3.44. The summed E-state index contributed by atoms with van der Waals surface area (Å²) < 4.78 is 24.0. The maximum atomic E-state index is 12.0. The standard InChI is InChI=1S/C16H26N4O2S/c1-3-15-17-13(2)11-16(18-15)20-8-6-19(7-9-20)12-14-5-4-10-23(14,21)22/h11,14H,3-10,12H2,1-2H3/t14-/m0/s1. The molecule has 128 valence electrons. The van der Waals surface area contributed by atoms with E-state index in [1.165, 1.54) is 0 Å². The topological polar surface area (TPSA) is 66.4 Å². The first kappa shape index (κ1) is 16.6. The molecule has 0 unspecified atom stereocenters. The van der Waals surface area contributed by atoms with Crippen molar-refractivity contribution >= 4 is 15.7 Å². The first-order chi connectivity index (χ1) is 11.0. The lowest BCUT2D eigenvalue weighted by molar-refractivity contribution is 0.255. The van der Waals surface area contributed by atoms with Gasteiger partial charge in [0.25, 0.3) is 0 Å². The van der Waals surface area contributed by atoms with Gasteiger partial charge in [0.15, 0.2) is 9.84 Å². The largest absolute Gasteiger partial charge is 0.354 e. The highest BCUT2D eigenvalue weighted by Crippen LogP contribution is 2.22. The zero-order valence-electron chi connectivity index (χ0n) is 14.0. The lowest BCUT2D eigenvalue weighted by Crippen LogP contribution is -2.49. The second kappa shape index (κ2) is 6.73. The highest BCUT2D eigenvalue weighted by molar-refractivity contribution is 7.92. The van der Waals surface area contributed by atoms with Crippen LogP contribution in [0.5, 0.6) is 0 Å². The third kappa shape index (κ3) is 3.83. The second-order valence-corrected chi connectivity index (χ2v) is 8.96. The van der Waals surface area contributed by atoms with Gasteiger partial charge in [0.05, 0.1) is 11.0 Å². The minimum absolute atomic E-state index is 0.151. The minimum Gasteiger partial charge on any atom is -0.354 e. The van der Waals surface area contributed by atoms with Crippen LogP contribution in [0.25, 0.3) is 0 Å². The van der Waals surface area contributed by atoms with E-state index in [2.05, 4.69) is 26.7 Å². The molecule has 0 aliphatic carbocycles. The molecular formula is C16H26N4O2S. The number of anilines is 1. The van der Waals surface area contributed by atoms with Crippen molar-refractivity contribution in [3.8, 4) is 0 Å². The molecule has 2 saturated heterocycles. The van der Waals surface area contributed by atoms with Crippen LogP contribution in [-0.2, 0) is 16.3 Å². The van der Waals surface area contributed by atoms with Crippen molar-refractivity contribution in [2.45, 2.75) is 38.4 Å². The molecular weight excluding hydrogens is 312 g/mol. The van der Waals surface area contributed by atoms with Gasteiger partial charge in [0.2, 0.25) is 0 Å². The van der Waals surface area contributed by atoms with Crippen LogP contribution in [0, 0.1) is 6.92 Å². The normalized spacial score (nSPS) is 25.0. The van der Waals surface area contributed by atoms with E-state index in [4.69, 9.17) is 0 Å². The summed E-state index contributed by atoms with van der Waals surface area (Å²) in [6, 6.07) is 2.04. The van der Waals surface area contributed by atoms with E-state index in [1.807, 2.05) is 13.0 Å². The molecule has 0 bridgehead atoms. The zero-order valence-corrected chi connectivity index (χ0v) is 14.8. The Hall–Kier alpha value is -1.21. The number of sulfone groups is 1. The molecule has 1 aromatic heterocycles. The summed E-state index contributed by atoms with van der Waals surface area (Å²) >= 11 is 0. The highest BCUT2D eigenvalue weighted by atomic mass is 32.2. The minimum atomic E-state index is -2.84. The van der Waals surface area contributed by atoms with Gasteiger partial charge in [-0.05, 0) is 19.8 Å². The van der Waals surface area contributed by atoms with Crippen LogP contribution in [0.2, 0.25) is 0 Å². The summed E-state index contributed by atoms with van der Waals surface area (Å²) in [5, 5.41) is -0.151. The van der Waals surface area contributed by atoms with Crippen LogP contribution < -0.4 is 4.90 Å². The molecule has 2 aliphatic heterocycles. The van der Waals surface area contributed by atoms with Gasteiger partial charge in [-0.3, -0.25) is 4.90 Å². The molecule has 0 aromatic carbocycles. The molecule has 0 spiro atoms. The first-order valence-electron chi connectivity index (χ1n) is 8.51. The predicted octanol–water partition coefficient (Wildman–Crippen LogP) is 1.05. The van der Waals surface area contributed by atoms with Crippen molar-refractivity contribution in [2.75, 3.05) is 43.4 Å². The van der Waals surface area contributed by atoms with Gasteiger partial charge in [-0.1, -0.05) is 6.92 Å². The van der Waals surface area contributed by atoms with Crippen LogP contribution in [0.1, 0.15) is 31.3 Å². The fourth-order valence-corrected chi connectivity index (χ4v) is 5.31. The summed E-state index contributed by atoms with van der Waals surface area (Å²) in [7, 11) is -2.84. The smallest absolute Gasteiger partial charge is 0.154 e. The number of rotatable bonds is 4. The SMILES string of the molecule is CCc1nc(C)cc(N2CCN(C[C@@H]3CCCS3(=O)=O)CC2)n1. The summed E-state index contributed by atoms with van der Waals surface area (Å²) in [6.07, 6.45) is 2.49. The number of hydrogen-bond donors (Lipinski definition) is 0. The van der Waals surface area contributed by atoms with Gasteiger partial charge >= 0.3 is 0 Å². The van der Waals surface area contributed by atoms with Crippen LogP contribution in [0.15, 0.2) is 6.07 Å². The maximum absolute atomic E-state index is 12.0. The van der Waals surface area contributed by atoms with E-state index in [0.717, 1.165) is 62.8 Å². The van der Waals surface area contributed by atoms with E-state index < -0.39 is 9.84 Å². The summed E-state index contributed by atoms with van der Waals surface area (Å²) in [4.78, 5) is 13.6. The molecule has 7 heteroatoms. The van der Waals surface area contributed by atoms with Crippen molar-refractivity contribution in [3.05, 3.63) is 17.6 Å². The van der Waals surface area contributed by atoms with E-state index in [0.29, 0.717) is 12.3 Å². The number of nitrogens with zero attached hydrogens (tertiary/aromatic N) is 4. The molecule has 0 amide bonds. The number of piperazine rings is 1. The monoisotopic (exact) mass is 338 g/mol. The molecule has 0 saturated carbocycles. The zero-order chi connectivity index (χ0) is 16.4. The Labute approximate surface area is 138 Å². The van der Waals surface area contributed by atoms with Gasteiger partial charge in [0.1, 0.15) is 11.6 Å². The quantitative estimate of drug-likeness (QED) is 0.817. The van der Waals surface area contributed by atoms with Crippen molar-refractivity contribution < 1.29 is 8.42 Å². The van der Waals surface area contributed by atoms with Crippen LogP contribution in [-0.4, -0.2) is 67.0 Å². The Bertz CT molecular complexity index is 654. The maximum Gasteiger partial charge on any atom is 0.154 e. The average Bonchev–Trinajstić information content (AvgIpc) is 2.86. The van der Waals surface area contributed by atoms with Crippen molar-refractivity contribution in [3.63, 3.8) is 0 Å². The molecule has 23 heavy (non-hydrogen) atoms. The van der Waals surface area contributed by atoms with Gasteiger partial charge in [0, 0.05) is 50.9 Å². The Morgan fingerprint density at radius 1 is 1.22 bits per heavy atom. The van der Waals surface area contributed by atoms with Crippen LogP contribution in [0.3, 0.4) is 0 Å². The van der Waals surface area contributed by atoms with Gasteiger partial charge in [-0.25, -0.2) is 18.4 Å². The van der Waals surface area contributed by atoms with E-state index in [1.54, 1.807) is 0 Å². The number of aromatic nitrogens is 2. The third-order valence-corrected chi connectivity index (χ3v) is 7.08. The molecule has 6 nitrogen and oxygen atoms in total. The van der Waals surface area contributed by atoms with E-state index in [9.17, 15) is 8.42 Å². The second-order valence-electron chi connectivity index (χ2n) is 6.56. The van der Waals surface area contributed by atoms with Crippen LogP contribution >= 0.6 is 0 Å². The Balaban J connectivity index is 1.59. The third-order valence-electron chi connectivity index (χ3n) is 4.82. The van der Waals surface area contributed by atoms with E-state index >= 15 is 0 Å². The lowest BCUT2D eigenvalue weighted by Gasteiger charge is -2.36. The molecule has 0 radical (unpaired) electrons. The number of aryl methyl sites for hydroxylation is 2. The lowest BCUT2D eigenvalue weighted by atomic mass is 10.2. The molecule has 2 fully saturated rings. The van der Waals surface area contributed by atoms with Crippen molar-refractivity contribution in [2.24, 2.45) is 0 Å². The van der Waals surface area contributed by atoms with Gasteiger partial charge < -0.3 is 4.90 Å². The van der Waals surface area contributed by atoms with Crippen molar-refractivity contribution in [1.29, 1.82) is 0 Å². The molecule has 0 N–H and O–H groups in total. The Morgan fingerprint density at radius 2 is 1.96 bits per heavy atom. The van der Waals surface area contributed by atoms with Crippen molar-refractivity contribution in [1.82, 2.24) is 14.9 Å². The highest BCUT2D eigenvalue weighted by Gasteiger charge is 2.33. The first-order valence-corrected chi connectivity index (χ1v) is 10.2. The molecule has 2 aliphatic rings. The Morgan fingerprint density at radius 3 is 2.57 bits per heavy atom. The predicted molar refractivity (Wildman–Crippen MR) is 91.6 cm³/mol. The average molecular weight is 338 g/mol. The van der Waals surface area contributed by atoms with Gasteiger partial charge in [-0.2, -0.15) is 0 Å².